The van der Waals surface area contributed by atoms with E-state index in [0.717, 1.165) is 9.50 Å². The first kappa shape index (κ1) is 19.6. The minimum Gasteiger partial charge on any atom is -0.325 e. The first-order valence-corrected chi connectivity index (χ1v) is 10.1. The van der Waals surface area contributed by atoms with Gasteiger partial charge in [-0.05, 0) is 42.5 Å². The average Bonchev–Trinajstić information content (AvgIpc) is 2.68. The van der Waals surface area contributed by atoms with E-state index < -0.39 is 0 Å². The van der Waals surface area contributed by atoms with Crippen molar-refractivity contribution in [2.45, 2.75) is 5.03 Å². The van der Waals surface area contributed by atoms with Crippen LogP contribution in [0.3, 0.4) is 0 Å². The Morgan fingerprint density at radius 1 is 1.04 bits per heavy atom. The van der Waals surface area contributed by atoms with E-state index in [1.807, 2.05) is 18.2 Å². The maximum absolute atomic E-state index is 12.9. The molecule has 4 nitrogen and oxygen atoms in total. The van der Waals surface area contributed by atoms with Gasteiger partial charge in [-0.25, -0.2) is 4.98 Å². The van der Waals surface area contributed by atoms with Gasteiger partial charge in [-0.3, -0.25) is 9.59 Å². The molecule has 2 aromatic carbocycles. The van der Waals surface area contributed by atoms with Gasteiger partial charge in [-0.1, -0.05) is 57.5 Å². The monoisotopic (exact) mass is 460 g/mol. The summed E-state index contributed by atoms with van der Waals surface area (Å²) < 4.78 is 0.735. The normalized spacial score (nSPS) is 10.4. The van der Waals surface area contributed by atoms with Crippen LogP contribution in [0.1, 0.15) is 15.9 Å². The number of hydrogen-bond donors (Lipinski definition) is 1. The van der Waals surface area contributed by atoms with Crippen molar-refractivity contribution in [1.82, 2.24) is 4.98 Å². The number of amides is 1. The van der Waals surface area contributed by atoms with Gasteiger partial charge in [0.25, 0.3) is 0 Å². The van der Waals surface area contributed by atoms with Gasteiger partial charge in [0.2, 0.25) is 5.91 Å². The van der Waals surface area contributed by atoms with Gasteiger partial charge in [0, 0.05) is 21.8 Å². The van der Waals surface area contributed by atoms with Crippen molar-refractivity contribution in [2.75, 3.05) is 11.1 Å². The summed E-state index contributed by atoms with van der Waals surface area (Å²) in [6.07, 6.45) is 1.68. The predicted octanol–water partition coefficient (Wildman–Crippen LogP) is 5.46. The topological polar surface area (TPSA) is 59.1 Å². The number of benzene rings is 2. The van der Waals surface area contributed by atoms with E-state index in [0.29, 0.717) is 21.8 Å². The molecule has 0 radical (unpaired) electrons. The number of nitrogens with zero attached hydrogens (tertiary/aromatic N) is 1. The molecule has 7 heteroatoms. The third-order valence-electron chi connectivity index (χ3n) is 3.61. The lowest BCUT2D eigenvalue weighted by Crippen LogP contribution is -2.17. The highest BCUT2D eigenvalue weighted by Gasteiger charge is 2.18. The maximum Gasteiger partial charge on any atom is 0.234 e. The summed E-state index contributed by atoms with van der Waals surface area (Å²) in [5.74, 6) is -0.289. The highest BCUT2D eigenvalue weighted by molar-refractivity contribution is 9.10. The van der Waals surface area contributed by atoms with Crippen LogP contribution in [0, 0.1) is 0 Å². The standard InChI is InChI=1S/C20H14BrClN2O2S/c21-13-8-9-17(24-18(25)12-27-19-7-3-4-10-23-19)15(11-13)20(26)14-5-1-2-6-16(14)22/h1-11H,12H2,(H,24,25). The minimum atomic E-state index is -0.255. The van der Waals surface area contributed by atoms with Gasteiger partial charge in [0.05, 0.1) is 21.5 Å². The summed E-state index contributed by atoms with van der Waals surface area (Å²) in [4.78, 5) is 29.4. The fourth-order valence-electron chi connectivity index (χ4n) is 2.36. The van der Waals surface area contributed by atoms with Gasteiger partial charge in [0.1, 0.15) is 0 Å². The largest absolute Gasteiger partial charge is 0.325 e. The second-order valence-electron chi connectivity index (χ2n) is 5.50. The molecule has 0 bridgehead atoms. The number of ketones is 1. The smallest absolute Gasteiger partial charge is 0.234 e. The van der Waals surface area contributed by atoms with Gasteiger partial charge in [-0.2, -0.15) is 0 Å². The van der Waals surface area contributed by atoms with Gasteiger partial charge >= 0.3 is 0 Å². The van der Waals surface area contributed by atoms with Crippen molar-refractivity contribution in [2.24, 2.45) is 0 Å². The fraction of sp³-hybridized carbons (Fsp3) is 0.0500. The van der Waals surface area contributed by atoms with Crippen LogP contribution >= 0.6 is 39.3 Å². The number of nitrogens with one attached hydrogen (secondary N) is 1. The molecule has 0 unspecified atom stereocenters. The SMILES string of the molecule is O=C(CSc1ccccn1)Nc1ccc(Br)cc1C(=O)c1ccccc1Cl. The molecule has 1 N–H and O–H groups in total. The van der Waals surface area contributed by atoms with Crippen molar-refractivity contribution in [3.05, 3.63) is 87.5 Å². The van der Waals surface area contributed by atoms with Crippen molar-refractivity contribution in [1.29, 1.82) is 0 Å². The molecule has 0 atom stereocenters. The van der Waals surface area contributed by atoms with Crippen LogP contribution in [0.5, 0.6) is 0 Å². The number of carbonyl (C=O) groups is 2. The van der Waals surface area contributed by atoms with Gasteiger partial charge < -0.3 is 5.32 Å². The first-order valence-electron chi connectivity index (χ1n) is 7.97. The molecule has 0 aliphatic carbocycles. The van der Waals surface area contributed by atoms with E-state index >= 15 is 0 Å². The molecule has 1 aromatic heterocycles. The Balaban J connectivity index is 1.79. The summed E-state index contributed by atoms with van der Waals surface area (Å²) in [6.45, 7) is 0. The van der Waals surface area contributed by atoms with Crippen LogP contribution in [0.2, 0.25) is 5.02 Å². The summed E-state index contributed by atoms with van der Waals surface area (Å²) in [5.41, 5.74) is 1.19. The Hall–Kier alpha value is -2.15. The van der Waals surface area contributed by atoms with Crippen molar-refractivity contribution >= 4 is 56.7 Å². The van der Waals surface area contributed by atoms with Crippen LogP contribution in [0.25, 0.3) is 0 Å². The number of rotatable bonds is 6. The lowest BCUT2D eigenvalue weighted by molar-refractivity contribution is -0.113. The average molecular weight is 462 g/mol. The number of pyridine rings is 1. The quantitative estimate of drug-likeness (QED) is 0.391. The van der Waals surface area contributed by atoms with E-state index in [1.54, 1.807) is 48.7 Å². The second-order valence-corrected chi connectivity index (χ2v) is 7.82. The van der Waals surface area contributed by atoms with Crippen LogP contribution in [0.15, 0.2) is 76.4 Å². The number of carbonyl (C=O) groups excluding carboxylic acids is 2. The molecule has 3 aromatic rings. The van der Waals surface area contributed by atoms with Crippen LogP contribution < -0.4 is 5.32 Å². The highest BCUT2D eigenvalue weighted by Crippen LogP contribution is 2.27. The fourth-order valence-corrected chi connectivity index (χ4v) is 3.61. The second kappa shape index (κ2) is 9.17. The van der Waals surface area contributed by atoms with E-state index in [4.69, 9.17) is 11.6 Å². The molecule has 1 amide bonds. The molecule has 0 aliphatic heterocycles. The third-order valence-corrected chi connectivity index (χ3v) is 5.37. The number of aromatic nitrogens is 1. The number of thioether (sulfide) groups is 1. The zero-order valence-electron chi connectivity index (χ0n) is 14.0. The number of halogens is 2. The Bertz CT molecular complexity index is 983. The Labute approximate surface area is 174 Å². The van der Waals surface area contributed by atoms with E-state index in [-0.39, 0.29) is 17.4 Å². The van der Waals surface area contributed by atoms with Crippen LogP contribution in [-0.4, -0.2) is 22.4 Å². The molecule has 0 aliphatic rings. The zero-order valence-corrected chi connectivity index (χ0v) is 17.1. The van der Waals surface area contributed by atoms with Gasteiger partial charge in [0.15, 0.2) is 5.78 Å². The molecule has 0 fully saturated rings. The van der Waals surface area contributed by atoms with Crippen molar-refractivity contribution in [3.8, 4) is 0 Å². The molecular weight excluding hydrogens is 448 g/mol. The van der Waals surface area contributed by atoms with E-state index in [1.165, 1.54) is 11.8 Å². The molecule has 0 spiro atoms. The summed E-state index contributed by atoms with van der Waals surface area (Å²) in [6, 6.07) is 17.5. The van der Waals surface area contributed by atoms with Gasteiger partial charge in [-0.15, -0.1) is 0 Å². The number of hydrogen-bond acceptors (Lipinski definition) is 4. The Morgan fingerprint density at radius 2 is 1.81 bits per heavy atom. The lowest BCUT2D eigenvalue weighted by Gasteiger charge is -2.12. The molecule has 27 heavy (non-hydrogen) atoms. The van der Waals surface area contributed by atoms with E-state index in [9.17, 15) is 9.59 Å². The maximum atomic E-state index is 12.9. The van der Waals surface area contributed by atoms with Crippen LogP contribution in [0.4, 0.5) is 5.69 Å². The lowest BCUT2D eigenvalue weighted by atomic mass is 10.0. The van der Waals surface area contributed by atoms with Crippen molar-refractivity contribution < 1.29 is 9.59 Å². The zero-order chi connectivity index (χ0) is 19.2. The first-order chi connectivity index (χ1) is 13.0. The van der Waals surface area contributed by atoms with E-state index in [2.05, 4.69) is 26.2 Å². The molecule has 0 saturated carbocycles. The molecule has 0 saturated heterocycles. The summed E-state index contributed by atoms with van der Waals surface area (Å²) >= 11 is 10.9. The predicted molar refractivity (Wildman–Crippen MR) is 113 cm³/mol. The Morgan fingerprint density at radius 3 is 2.56 bits per heavy atom. The molecule has 3 rings (SSSR count). The summed E-state index contributed by atoms with van der Waals surface area (Å²) in [5, 5.41) is 3.93. The van der Waals surface area contributed by atoms with Crippen molar-refractivity contribution in [3.63, 3.8) is 0 Å². The minimum absolute atomic E-state index is 0.187. The Kier molecular flexibility index (Phi) is 6.66. The third kappa shape index (κ3) is 5.19. The number of anilines is 1. The molecule has 1 heterocycles. The summed E-state index contributed by atoms with van der Waals surface area (Å²) in [7, 11) is 0. The molecule has 136 valence electrons. The highest BCUT2D eigenvalue weighted by atomic mass is 79.9. The molecular formula is C20H14BrClN2O2S. The van der Waals surface area contributed by atoms with Crippen LogP contribution in [-0.2, 0) is 4.79 Å².